The van der Waals surface area contributed by atoms with Crippen molar-refractivity contribution in [1.29, 1.82) is 0 Å². The lowest BCUT2D eigenvalue weighted by atomic mass is 10.0. The third-order valence-corrected chi connectivity index (χ3v) is 5.36. The summed E-state index contributed by atoms with van der Waals surface area (Å²) in [7, 11) is -3.60. The Morgan fingerprint density at radius 2 is 1.80 bits per heavy atom. The first-order valence-corrected chi connectivity index (χ1v) is 8.61. The van der Waals surface area contributed by atoms with Crippen LogP contribution in [0.25, 0.3) is 0 Å². The fourth-order valence-corrected chi connectivity index (χ4v) is 4.24. The lowest BCUT2D eigenvalue weighted by molar-refractivity contribution is 0.467. The van der Waals surface area contributed by atoms with Gasteiger partial charge in [0.25, 0.3) is 0 Å². The zero-order valence-electron chi connectivity index (χ0n) is 11.3. The molecule has 2 aromatic rings. The number of rotatable bonds is 5. The van der Waals surface area contributed by atoms with E-state index in [2.05, 4.69) is 4.72 Å². The summed E-state index contributed by atoms with van der Waals surface area (Å²) < 4.78 is 27.5. The lowest BCUT2D eigenvalue weighted by Gasteiger charge is -2.21. The summed E-state index contributed by atoms with van der Waals surface area (Å²) in [5, 5.41) is 11.2. The van der Waals surface area contributed by atoms with Crippen molar-refractivity contribution in [1.82, 2.24) is 4.72 Å². The minimum absolute atomic E-state index is 0.0441. The average molecular weight is 311 g/mol. The van der Waals surface area contributed by atoms with Crippen molar-refractivity contribution >= 4 is 21.4 Å². The third kappa shape index (κ3) is 3.39. The van der Waals surface area contributed by atoms with E-state index in [4.69, 9.17) is 0 Å². The predicted octanol–water partition coefficient (Wildman–Crippen LogP) is 3.13. The van der Waals surface area contributed by atoms with Gasteiger partial charge in [0.15, 0.2) is 0 Å². The third-order valence-electron chi connectivity index (χ3n) is 2.95. The Labute approximate surface area is 123 Å². The van der Waals surface area contributed by atoms with Gasteiger partial charge in [-0.15, -0.1) is 11.3 Å². The molecule has 0 radical (unpaired) electrons. The largest absolute Gasteiger partial charge is 0.508 e. The molecule has 0 saturated heterocycles. The topological polar surface area (TPSA) is 66.4 Å². The Balaban J connectivity index is 2.28. The molecule has 0 fully saturated rings. The maximum absolute atomic E-state index is 12.4. The van der Waals surface area contributed by atoms with Gasteiger partial charge in [-0.05, 0) is 41.6 Å². The number of phenolic OH excluding ortho intramolecular Hbond substituents is 1. The average Bonchev–Trinajstić information content (AvgIpc) is 2.90. The van der Waals surface area contributed by atoms with Gasteiger partial charge < -0.3 is 5.11 Å². The molecule has 1 heterocycles. The van der Waals surface area contributed by atoms with Gasteiger partial charge in [0.1, 0.15) is 5.75 Å². The monoisotopic (exact) mass is 311 g/mol. The van der Waals surface area contributed by atoms with Crippen LogP contribution >= 0.6 is 11.3 Å². The summed E-state index contributed by atoms with van der Waals surface area (Å²) in [6.45, 7) is 3.95. The number of thiophene rings is 1. The molecular weight excluding hydrogens is 294 g/mol. The maximum Gasteiger partial charge on any atom is 0.241 e. The molecule has 4 nitrogen and oxygen atoms in total. The quantitative estimate of drug-likeness (QED) is 0.891. The van der Waals surface area contributed by atoms with Crippen LogP contribution in [0.4, 0.5) is 0 Å². The molecule has 0 spiro atoms. The fourth-order valence-electron chi connectivity index (χ4n) is 1.85. The smallest absolute Gasteiger partial charge is 0.241 e. The summed E-state index contributed by atoms with van der Waals surface area (Å²) in [5.41, 5.74) is 0. The van der Waals surface area contributed by atoms with Crippen LogP contribution in [0, 0.1) is 5.92 Å². The molecule has 0 aliphatic carbocycles. The van der Waals surface area contributed by atoms with Crippen LogP contribution in [0.2, 0.25) is 0 Å². The van der Waals surface area contributed by atoms with Gasteiger partial charge in [-0.3, -0.25) is 0 Å². The van der Waals surface area contributed by atoms with Gasteiger partial charge in [-0.25, -0.2) is 13.1 Å². The van der Waals surface area contributed by atoms with Crippen LogP contribution in [-0.4, -0.2) is 13.5 Å². The Kier molecular flexibility index (Phi) is 4.47. The number of hydrogen-bond donors (Lipinski definition) is 2. The Hall–Kier alpha value is -1.37. The minimum atomic E-state index is -3.60. The van der Waals surface area contributed by atoms with Gasteiger partial charge in [0.2, 0.25) is 10.0 Å². The van der Waals surface area contributed by atoms with E-state index in [1.54, 1.807) is 0 Å². The Morgan fingerprint density at radius 3 is 2.30 bits per heavy atom. The van der Waals surface area contributed by atoms with Gasteiger partial charge in [-0.2, -0.15) is 0 Å². The number of sulfonamides is 1. The molecule has 0 aliphatic rings. The Morgan fingerprint density at radius 1 is 1.15 bits per heavy atom. The van der Waals surface area contributed by atoms with E-state index < -0.39 is 10.0 Å². The molecule has 2 N–H and O–H groups in total. The van der Waals surface area contributed by atoms with E-state index in [1.165, 1.54) is 35.6 Å². The van der Waals surface area contributed by atoms with Crippen molar-refractivity contribution in [2.45, 2.75) is 24.8 Å². The van der Waals surface area contributed by atoms with Gasteiger partial charge >= 0.3 is 0 Å². The first-order valence-electron chi connectivity index (χ1n) is 6.25. The second kappa shape index (κ2) is 5.95. The SMILES string of the molecule is CC(C)C(NS(=O)(=O)c1ccc(O)cc1)c1cccs1. The molecule has 0 aliphatic heterocycles. The van der Waals surface area contributed by atoms with Crippen molar-refractivity contribution in [3.05, 3.63) is 46.7 Å². The molecular formula is C14H17NO3S2. The summed E-state index contributed by atoms with van der Waals surface area (Å²) in [4.78, 5) is 1.14. The van der Waals surface area contributed by atoms with E-state index in [0.717, 1.165) is 4.88 Å². The molecule has 1 aromatic carbocycles. The fraction of sp³-hybridized carbons (Fsp3) is 0.286. The molecule has 1 unspecified atom stereocenters. The van der Waals surface area contributed by atoms with Gasteiger partial charge in [-0.1, -0.05) is 19.9 Å². The van der Waals surface area contributed by atoms with Crippen molar-refractivity contribution in [2.24, 2.45) is 5.92 Å². The highest BCUT2D eigenvalue weighted by Crippen LogP contribution is 2.28. The zero-order chi connectivity index (χ0) is 14.8. The van der Waals surface area contributed by atoms with Crippen LogP contribution < -0.4 is 4.72 Å². The lowest BCUT2D eigenvalue weighted by Crippen LogP contribution is -2.31. The zero-order valence-corrected chi connectivity index (χ0v) is 12.9. The van der Waals surface area contributed by atoms with Crippen molar-refractivity contribution < 1.29 is 13.5 Å². The predicted molar refractivity (Wildman–Crippen MR) is 80.3 cm³/mol. The summed E-state index contributed by atoms with van der Waals surface area (Å²) >= 11 is 1.53. The highest BCUT2D eigenvalue weighted by Gasteiger charge is 2.24. The normalized spacial score (nSPS) is 13.6. The number of benzene rings is 1. The molecule has 6 heteroatoms. The van der Waals surface area contributed by atoms with Crippen LogP contribution in [0.15, 0.2) is 46.7 Å². The standard InChI is InChI=1S/C14H17NO3S2/c1-10(2)14(13-4-3-9-19-13)15-20(17,18)12-7-5-11(16)6-8-12/h3-10,14-16H,1-2H3. The molecule has 1 atom stereocenters. The Bertz CT molecular complexity index is 646. The first-order chi connectivity index (χ1) is 9.40. The van der Waals surface area contributed by atoms with Gasteiger partial charge in [0.05, 0.1) is 10.9 Å². The van der Waals surface area contributed by atoms with E-state index >= 15 is 0 Å². The molecule has 108 valence electrons. The molecule has 2 rings (SSSR count). The summed E-state index contributed by atoms with van der Waals surface area (Å²) in [6, 6.07) is 9.09. The van der Waals surface area contributed by atoms with Crippen LogP contribution in [-0.2, 0) is 10.0 Å². The van der Waals surface area contributed by atoms with E-state index in [1.807, 2.05) is 31.4 Å². The highest BCUT2D eigenvalue weighted by atomic mass is 32.2. The molecule has 0 bridgehead atoms. The van der Waals surface area contributed by atoms with Gasteiger partial charge in [0, 0.05) is 4.88 Å². The van der Waals surface area contributed by atoms with E-state index in [9.17, 15) is 13.5 Å². The molecule has 0 amide bonds. The number of nitrogens with one attached hydrogen (secondary N) is 1. The second-order valence-electron chi connectivity index (χ2n) is 4.85. The van der Waals surface area contributed by atoms with Crippen LogP contribution in [0.3, 0.4) is 0 Å². The van der Waals surface area contributed by atoms with Crippen molar-refractivity contribution in [2.75, 3.05) is 0 Å². The van der Waals surface area contributed by atoms with Crippen molar-refractivity contribution in [3.8, 4) is 5.75 Å². The molecule has 20 heavy (non-hydrogen) atoms. The van der Waals surface area contributed by atoms with Crippen LogP contribution in [0.1, 0.15) is 24.8 Å². The maximum atomic E-state index is 12.4. The van der Waals surface area contributed by atoms with E-state index in [0.29, 0.717) is 0 Å². The summed E-state index contributed by atoms with van der Waals surface area (Å²) in [6.07, 6.45) is 0. The second-order valence-corrected chi connectivity index (χ2v) is 7.55. The number of phenols is 1. The van der Waals surface area contributed by atoms with Crippen molar-refractivity contribution in [3.63, 3.8) is 0 Å². The number of aromatic hydroxyl groups is 1. The van der Waals surface area contributed by atoms with E-state index in [-0.39, 0.29) is 22.6 Å². The number of hydrogen-bond acceptors (Lipinski definition) is 4. The molecule has 0 saturated carbocycles. The highest BCUT2D eigenvalue weighted by molar-refractivity contribution is 7.89. The molecule has 1 aromatic heterocycles. The summed E-state index contributed by atoms with van der Waals surface area (Å²) in [5.74, 6) is 0.183. The minimum Gasteiger partial charge on any atom is -0.508 e. The first kappa shape index (κ1) is 15.0. The van der Waals surface area contributed by atoms with Crippen LogP contribution in [0.5, 0.6) is 5.75 Å².